The van der Waals surface area contributed by atoms with Crippen LogP contribution in [0.15, 0.2) is 66.7 Å². The molecule has 5 aromatic rings. The Morgan fingerprint density at radius 3 is 2.43 bits per heavy atom. The van der Waals surface area contributed by atoms with Gasteiger partial charge in [-0.1, -0.05) is 43.5 Å². The Kier molecular flexibility index (Phi) is 7.80. The minimum Gasteiger partial charge on any atom is -0.460 e. The predicted molar refractivity (Wildman–Crippen MR) is 176 cm³/mol. The smallest absolute Gasteiger partial charge is 0.374 e. The average Bonchev–Trinajstić information content (AvgIpc) is 3.60. The highest BCUT2D eigenvalue weighted by Gasteiger charge is 2.45. The molecule has 2 aliphatic carbocycles. The average molecular weight is 619 g/mol. The van der Waals surface area contributed by atoms with Gasteiger partial charge in [-0.15, -0.1) is 0 Å². The first kappa shape index (κ1) is 29.7. The molecule has 0 spiro atoms. The number of aryl methyl sites for hydroxylation is 1. The molecule has 0 aliphatic heterocycles. The lowest BCUT2D eigenvalue weighted by Crippen LogP contribution is -2.61. The van der Waals surface area contributed by atoms with Gasteiger partial charge in [-0.05, 0) is 81.5 Å². The molecule has 0 bridgehead atoms. The van der Waals surface area contributed by atoms with Crippen molar-refractivity contribution in [3.05, 3.63) is 83.8 Å². The normalized spacial score (nSPS) is 16.2. The highest BCUT2D eigenvalue weighted by Crippen LogP contribution is 2.38. The second kappa shape index (κ2) is 12.1. The van der Waals surface area contributed by atoms with Gasteiger partial charge in [0.25, 0.3) is 5.91 Å². The van der Waals surface area contributed by atoms with E-state index in [0.717, 1.165) is 41.4 Å². The van der Waals surface area contributed by atoms with Gasteiger partial charge in [0.05, 0.1) is 34.5 Å². The maximum Gasteiger partial charge on any atom is 0.374 e. The third-order valence-electron chi connectivity index (χ3n) is 9.56. The third-order valence-corrected chi connectivity index (χ3v) is 9.56. The van der Waals surface area contributed by atoms with Gasteiger partial charge in [0.1, 0.15) is 5.54 Å². The Hall–Kier alpha value is -4.99. The van der Waals surface area contributed by atoms with Gasteiger partial charge in [0.2, 0.25) is 11.7 Å². The molecule has 236 valence electrons. The molecule has 2 saturated carbocycles. The Morgan fingerprint density at radius 2 is 1.72 bits per heavy atom. The number of benzene rings is 3. The monoisotopic (exact) mass is 618 g/mol. The minimum atomic E-state index is -1.02. The summed E-state index contributed by atoms with van der Waals surface area (Å²) < 4.78 is 8.84. The Bertz CT molecular complexity index is 1950. The third kappa shape index (κ3) is 5.31. The van der Waals surface area contributed by atoms with Crippen LogP contribution in [0.25, 0.3) is 27.6 Å². The maximum atomic E-state index is 13.7. The number of nitrogens with zero attached hydrogens (tertiary/aromatic N) is 4. The van der Waals surface area contributed by atoms with E-state index in [-0.39, 0.29) is 24.2 Å². The lowest BCUT2D eigenvalue weighted by molar-refractivity contribution is -0.125. The molecule has 10 heteroatoms. The van der Waals surface area contributed by atoms with Crippen molar-refractivity contribution in [2.75, 3.05) is 11.9 Å². The number of esters is 1. The number of imidazole rings is 1. The Labute approximate surface area is 267 Å². The van der Waals surface area contributed by atoms with E-state index in [1.807, 2.05) is 36.4 Å². The van der Waals surface area contributed by atoms with Crippen molar-refractivity contribution in [3.8, 4) is 5.69 Å². The molecule has 46 heavy (non-hydrogen) atoms. The van der Waals surface area contributed by atoms with Crippen LogP contribution in [0.3, 0.4) is 0 Å². The molecular formula is C36H38N6O4. The van der Waals surface area contributed by atoms with Gasteiger partial charge in [-0.3, -0.25) is 9.59 Å². The van der Waals surface area contributed by atoms with Gasteiger partial charge in [0.15, 0.2) is 0 Å². The van der Waals surface area contributed by atoms with Crippen LogP contribution in [-0.2, 0) is 16.6 Å². The fourth-order valence-corrected chi connectivity index (χ4v) is 6.92. The first-order valence-corrected chi connectivity index (χ1v) is 16.2. The fourth-order valence-electron chi connectivity index (χ4n) is 6.92. The number of hydrogen-bond donors (Lipinski definition) is 2. The van der Waals surface area contributed by atoms with Gasteiger partial charge < -0.3 is 19.9 Å². The van der Waals surface area contributed by atoms with Crippen molar-refractivity contribution in [2.45, 2.75) is 69.7 Å². The zero-order valence-electron chi connectivity index (χ0n) is 26.2. The first-order valence-electron chi connectivity index (χ1n) is 16.2. The van der Waals surface area contributed by atoms with Crippen molar-refractivity contribution >= 4 is 45.4 Å². The first-order chi connectivity index (χ1) is 22.4. The van der Waals surface area contributed by atoms with Crippen LogP contribution in [0.5, 0.6) is 0 Å². The van der Waals surface area contributed by atoms with Crippen LogP contribution in [0.4, 0.5) is 5.69 Å². The largest absolute Gasteiger partial charge is 0.460 e. The second-order valence-corrected chi connectivity index (χ2v) is 12.5. The molecule has 2 heterocycles. The van der Waals surface area contributed by atoms with E-state index in [4.69, 9.17) is 9.84 Å². The summed E-state index contributed by atoms with van der Waals surface area (Å²) in [6.45, 7) is 2.00. The number of carbonyl (C=O) groups excluding carboxylic acids is 3. The van der Waals surface area contributed by atoms with Crippen LogP contribution < -0.4 is 10.6 Å². The molecule has 2 amide bonds. The van der Waals surface area contributed by atoms with Crippen LogP contribution in [-0.4, -0.2) is 49.3 Å². The van der Waals surface area contributed by atoms with E-state index < -0.39 is 11.5 Å². The standard InChI is InChI=1S/C36H38N6O4/c1-3-46-34(44)32-38-29-22-25(16-18-30(29)41(32)2)37-35(45)36(19-10-20-36)39-33(43)24-15-17-27-28(21-24)40-42(26-13-8-5-9-14-26)31(27)23-11-6-4-7-12-23/h5,8-9,13-18,21-23H,3-4,6-7,10-12,19-20H2,1-2H3,(H,37,45)(H,39,43). The lowest BCUT2D eigenvalue weighted by atomic mass is 9.75. The molecule has 0 saturated heterocycles. The van der Waals surface area contributed by atoms with Crippen LogP contribution in [0, 0.1) is 0 Å². The lowest BCUT2D eigenvalue weighted by Gasteiger charge is -2.40. The summed E-state index contributed by atoms with van der Waals surface area (Å²) in [7, 11) is 1.75. The Balaban J connectivity index is 1.13. The van der Waals surface area contributed by atoms with E-state index in [1.165, 1.54) is 25.0 Å². The number of para-hydroxylation sites is 1. The number of carbonyl (C=O) groups is 3. The number of amides is 2. The Morgan fingerprint density at radius 1 is 0.935 bits per heavy atom. The zero-order valence-corrected chi connectivity index (χ0v) is 26.2. The molecule has 2 N–H and O–H groups in total. The quantitative estimate of drug-likeness (QED) is 0.194. The SMILES string of the molecule is CCOC(=O)c1nc2cc(NC(=O)C3(NC(=O)c4ccc5c(C6CCCCC6)n(-c6ccccc6)nc5c4)CCC3)ccc2n1C. The topological polar surface area (TPSA) is 120 Å². The fraction of sp³-hybridized carbons (Fsp3) is 0.361. The second-order valence-electron chi connectivity index (χ2n) is 12.5. The van der Waals surface area contributed by atoms with Crippen molar-refractivity contribution < 1.29 is 19.1 Å². The van der Waals surface area contributed by atoms with Gasteiger partial charge >= 0.3 is 5.97 Å². The molecule has 7 rings (SSSR count). The summed E-state index contributed by atoms with van der Waals surface area (Å²) >= 11 is 0. The summed E-state index contributed by atoms with van der Waals surface area (Å²) in [5, 5.41) is 12.1. The molecule has 2 fully saturated rings. The molecule has 3 aromatic carbocycles. The number of rotatable bonds is 8. The van der Waals surface area contributed by atoms with Gasteiger partial charge in [-0.2, -0.15) is 5.10 Å². The summed E-state index contributed by atoms with van der Waals surface area (Å²) in [4.78, 5) is 44.0. The number of ether oxygens (including phenoxy) is 1. The molecule has 10 nitrogen and oxygen atoms in total. The van der Waals surface area contributed by atoms with E-state index in [2.05, 4.69) is 32.4 Å². The highest BCUT2D eigenvalue weighted by atomic mass is 16.5. The maximum absolute atomic E-state index is 13.7. The summed E-state index contributed by atoms with van der Waals surface area (Å²) in [5.74, 6) is -0.466. The molecule has 0 radical (unpaired) electrons. The van der Waals surface area contributed by atoms with Crippen molar-refractivity contribution in [1.82, 2.24) is 24.6 Å². The number of anilines is 1. The van der Waals surface area contributed by atoms with Crippen molar-refractivity contribution in [3.63, 3.8) is 0 Å². The van der Waals surface area contributed by atoms with E-state index in [1.54, 1.807) is 36.7 Å². The molecule has 0 unspecified atom stereocenters. The van der Waals surface area contributed by atoms with Gasteiger partial charge in [0, 0.05) is 29.6 Å². The van der Waals surface area contributed by atoms with E-state index in [0.29, 0.717) is 35.5 Å². The van der Waals surface area contributed by atoms with E-state index >= 15 is 0 Å². The summed E-state index contributed by atoms with van der Waals surface area (Å²) in [6.07, 6.45) is 7.87. The highest BCUT2D eigenvalue weighted by molar-refractivity contribution is 6.06. The minimum absolute atomic E-state index is 0.194. The van der Waals surface area contributed by atoms with Gasteiger partial charge in [-0.25, -0.2) is 14.5 Å². The molecule has 2 aliphatic rings. The molecule has 0 atom stereocenters. The summed E-state index contributed by atoms with van der Waals surface area (Å²) in [6, 6.07) is 21.2. The summed E-state index contributed by atoms with van der Waals surface area (Å²) in [5.41, 5.74) is 4.29. The van der Waals surface area contributed by atoms with Crippen molar-refractivity contribution in [2.24, 2.45) is 7.05 Å². The zero-order chi connectivity index (χ0) is 31.8. The number of aromatic nitrogens is 4. The molecular weight excluding hydrogens is 580 g/mol. The van der Waals surface area contributed by atoms with E-state index in [9.17, 15) is 14.4 Å². The van der Waals surface area contributed by atoms with Crippen molar-refractivity contribution in [1.29, 1.82) is 0 Å². The van der Waals surface area contributed by atoms with Crippen LogP contribution in [0.2, 0.25) is 0 Å². The molecule has 2 aromatic heterocycles. The number of nitrogens with one attached hydrogen (secondary N) is 2. The number of fused-ring (bicyclic) bond motifs is 2. The predicted octanol–water partition coefficient (Wildman–Crippen LogP) is 6.43. The van der Waals surface area contributed by atoms with Crippen LogP contribution in [0.1, 0.15) is 90.9 Å². The van der Waals surface area contributed by atoms with Crippen LogP contribution >= 0.6 is 0 Å². The number of hydrogen-bond acceptors (Lipinski definition) is 6.